The second-order valence-electron chi connectivity index (χ2n) is 5.12. The van der Waals surface area contributed by atoms with Crippen LogP contribution in [0.1, 0.15) is 18.5 Å². The molecule has 1 aliphatic rings. The van der Waals surface area contributed by atoms with E-state index in [1.165, 1.54) is 0 Å². The number of carbonyl (C=O) groups excluding carboxylic acids is 2. The minimum Gasteiger partial charge on any atom is -0.483 e. The quantitative estimate of drug-likeness (QED) is 0.515. The summed E-state index contributed by atoms with van der Waals surface area (Å²) in [7, 11) is 0. The van der Waals surface area contributed by atoms with Crippen molar-refractivity contribution in [1.29, 1.82) is 0 Å². The molecule has 128 valence electrons. The van der Waals surface area contributed by atoms with Gasteiger partial charge in [0.1, 0.15) is 11.7 Å². The Hall–Kier alpha value is -2.61. The molecule has 7 nitrogen and oxygen atoms in total. The highest BCUT2D eigenvalue weighted by atomic mass is 32.1. The third kappa shape index (κ3) is 4.02. The first-order valence-corrected chi connectivity index (χ1v) is 7.77. The van der Waals surface area contributed by atoms with Crippen molar-refractivity contribution in [2.45, 2.75) is 13.0 Å². The van der Waals surface area contributed by atoms with Crippen LogP contribution < -0.4 is 21.1 Å². The van der Waals surface area contributed by atoms with Crippen LogP contribution in [0.3, 0.4) is 0 Å². The van der Waals surface area contributed by atoms with Crippen molar-refractivity contribution in [2.75, 3.05) is 13.2 Å². The van der Waals surface area contributed by atoms with E-state index in [1.807, 2.05) is 0 Å². The smallest absolute Gasteiger partial charge is 0.317 e. The molecule has 0 spiro atoms. The number of carbonyl (C=O) groups is 2. The molecule has 2 unspecified atom stereocenters. The van der Waals surface area contributed by atoms with Crippen molar-refractivity contribution in [3.63, 3.8) is 0 Å². The number of thiocarbonyl (C=S) groups is 1. The van der Waals surface area contributed by atoms with Crippen molar-refractivity contribution in [2.24, 2.45) is 11.7 Å². The molecule has 1 fully saturated rings. The zero-order valence-electron chi connectivity index (χ0n) is 13.2. The fraction of sp³-hybridized carbons (Fsp3) is 0.312. The molecule has 2 atom stereocenters. The summed E-state index contributed by atoms with van der Waals surface area (Å²) in [5.74, 6) is -1.29. The van der Waals surface area contributed by atoms with E-state index in [0.717, 1.165) is 0 Å². The van der Waals surface area contributed by atoms with Gasteiger partial charge in [-0.25, -0.2) is 0 Å². The molecular weight excluding hydrogens is 330 g/mol. The van der Waals surface area contributed by atoms with Crippen LogP contribution in [-0.2, 0) is 14.3 Å². The van der Waals surface area contributed by atoms with Gasteiger partial charge in [-0.3, -0.25) is 9.59 Å². The maximum absolute atomic E-state index is 12.4. The largest absolute Gasteiger partial charge is 0.483 e. The minimum absolute atomic E-state index is 0.250. The first-order chi connectivity index (χ1) is 11.4. The highest BCUT2D eigenvalue weighted by Crippen LogP contribution is 2.35. The molecule has 1 saturated heterocycles. The van der Waals surface area contributed by atoms with Crippen LogP contribution in [0, 0.1) is 5.92 Å². The Labute approximate surface area is 145 Å². The van der Waals surface area contributed by atoms with Crippen molar-refractivity contribution >= 4 is 29.2 Å². The molecule has 1 aromatic rings. The van der Waals surface area contributed by atoms with Crippen LogP contribution >= 0.6 is 12.2 Å². The van der Waals surface area contributed by atoms with Crippen molar-refractivity contribution in [1.82, 2.24) is 10.6 Å². The molecule has 1 aliphatic heterocycles. The standard InChI is InChI=1S/C16H19N3O4S/c1-3-22-15(21)13-9(2)18-16(24)19-14(13)10-6-4-5-7-11(10)23-8-12(17)20/h4-7,13-14H,2-3,8H2,1H3,(H2,17,20)(H2,18,19,24). The molecule has 1 heterocycles. The van der Waals surface area contributed by atoms with E-state index in [0.29, 0.717) is 22.1 Å². The normalized spacial score (nSPS) is 19.9. The highest BCUT2D eigenvalue weighted by molar-refractivity contribution is 7.80. The summed E-state index contributed by atoms with van der Waals surface area (Å²) >= 11 is 5.16. The summed E-state index contributed by atoms with van der Waals surface area (Å²) in [4.78, 5) is 23.3. The van der Waals surface area contributed by atoms with Gasteiger partial charge in [0, 0.05) is 11.3 Å². The van der Waals surface area contributed by atoms with E-state index in [2.05, 4.69) is 17.2 Å². The molecule has 0 aliphatic carbocycles. The Balaban J connectivity index is 2.38. The zero-order valence-corrected chi connectivity index (χ0v) is 14.0. The van der Waals surface area contributed by atoms with Gasteiger partial charge in [-0.05, 0) is 25.2 Å². The minimum atomic E-state index is -0.699. The van der Waals surface area contributed by atoms with E-state index >= 15 is 0 Å². The second-order valence-corrected chi connectivity index (χ2v) is 5.53. The van der Waals surface area contributed by atoms with Gasteiger partial charge in [0.05, 0.1) is 12.6 Å². The van der Waals surface area contributed by atoms with Gasteiger partial charge in [0.2, 0.25) is 0 Å². The predicted octanol–water partition coefficient (Wildman–Crippen LogP) is 0.762. The molecule has 4 N–H and O–H groups in total. The lowest BCUT2D eigenvalue weighted by Crippen LogP contribution is -2.51. The van der Waals surface area contributed by atoms with E-state index in [4.69, 9.17) is 27.4 Å². The number of ether oxygens (including phenoxy) is 2. The number of amides is 1. The summed E-state index contributed by atoms with van der Waals surface area (Å²) in [6.45, 7) is 5.59. The molecule has 24 heavy (non-hydrogen) atoms. The van der Waals surface area contributed by atoms with Gasteiger partial charge in [0.15, 0.2) is 11.7 Å². The molecule has 2 rings (SSSR count). The van der Waals surface area contributed by atoms with Crippen molar-refractivity contribution in [3.8, 4) is 5.75 Å². The Kier molecular flexibility index (Phi) is 5.75. The van der Waals surface area contributed by atoms with Gasteiger partial charge in [0.25, 0.3) is 5.91 Å². The fourth-order valence-electron chi connectivity index (χ4n) is 2.47. The summed E-state index contributed by atoms with van der Waals surface area (Å²) in [6.07, 6.45) is 0. The molecule has 0 bridgehead atoms. The van der Waals surface area contributed by atoms with Crippen LogP contribution in [0.4, 0.5) is 0 Å². The van der Waals surface area contributed by atoms with Gasteiger partial charge in [-0.2, -0.15) is 0 Å². The molecular formula is C16H19N3O4S. The number of hydrogen-bond acceptors (Lipinski definition) is 5. The Morgan fingerprint density at radius 3 is 2.75 bits per heavy atom. The fourth-order valence-corrected chi connectivity index (χ4v) is 2.73. The molecule has 1 amide bonds. The number of nitrogens with two attached hydrogens (primary N) is 1. The second kappa shape index (κ2) is 7.78. The third-order valence-corrected chi connectivity index (χ3v) is 3.65. The lowest BCUT2D eigenvalue weighted by molar-refractivity contribution is -0.147. The summed E-state index contributed by atoms with van der Waals surface area (Å²) in [5.41, 5.74) is 6.22. The molecule has 8 heteroatoms. The van der Waals surface area contributed by atoms with E-state index in [-0.39, 0.29) is 13.2 Å². The maximum atomic E-state index is 12.4. The maximum Gasteiger partial charge on any atom is 0.317 e. The highest BCUT2D eigenvalue weighted by Gasteiger charge is 2.38. The Morgan fingerprint density at radius 1 is 1.38 bits per heavy atom. The third-order valence-electron chi connectivity index (χ3n) is 3.43. The molecule has 1 aromatic carbocycles. The number of rotatable bonds is 6. The van der Waals surface area contributed by atoms with Gasteiger partial charge >= 0.3 is 5.97 Å². The van der Waals surface area contributed by atoms with Crippen LogP contribution in [-0.4, -0.2) is 30.2 Å². The number of hydrogen-bond donors (Lipinski definition) is 3. The first kappa shape index (κ1) is 17.7. The molecule has 0 aromatic heterocycles. The number of nitrogens with one attached hydrogen (secondary N) is 2. The first-order valence-electron chi connectivity index (χ1n) is 7.37. The SMILES string of the molecule is C=C1NC(=S)NC(c2ccccc2OCC(N)=O)C1C(=O)OCC. The van der Waals surface area contributed by atoms with Gasteiger partial charge in [-0.1, -0.05) is 24.8 Å². The van der Waals surface area contributed by atoms with Crippen molar-refractivity contribution in [3.05, 3.63) is 42.1 Å². The average molecular weight is 349 g/mol. The van der Waals surface area contributed by atoms with E-state index in [1.54, 1.807) is 31.2 Å². The topological polar surface area (TPSA) is 103 Å². The van der Waals surface area contributed by atoms with Crippen LogP contribution in [0.15, 0.2) is 36.5 Å². The average Bonchev–Trinajstić information content (AvgIpc) is 2.52. The lowest BCUT2D eigenvalue weighted by atomic mass is 9.88. The Bertz CT molecular complexity index is 677. The Morgan fingerprint density at radius 2 is 2.08 bits per heavy atom. The lowest BCUT2D eigenvalue weighted by Gasteiger charge is -2.35. The van der Waals surface area contributed by atoms with Gasteiger partial charge < -0.3 is 25.8 Å². The van der Waals surface area contributed by atoms with Crippen LogP contribution in [0.5, 0.6) is 5.75 Å². The van der Waals surface area contributed by atoms with Crippen LogP contribution in [0.2, 0.25) is 0 Å². The summed E-state index contributed by atoms with van der Waals surface area (Å²) in [6, 6.07) is 6.49. The summed E-state index contributed by atoms with van der Waals surface area (Å²) in [5, 5.41) is 6.23. The molecule has 0 radical (unpaired) electrons. The zero-order chi connectivity index (χ0) is 17.7. The monoisotopic (exact) mass is 349 g/mol. The molecule has 0 saturated carbocycles. The van der Waals surface area contributed by atoms with Crippen LogP contribution in [0.25, 0.3) is 0 Å². The number of benzene rings is 1. The van der Waals surface area contributed by atoms with Gasteiger partial charge in [-0.15, -0.1) is 0 Å². The number of esters is 1. The van der Waals surface area contributed by atoms with E-state index < -0.39 is 23.8 Å². The predicted molar refractivity (Wildman–Crippen MR) is 92.0 cm³/mol. The van der Waals surface area contributed by atoms with E-state index in [9.17, 15) is 9.59 Å². The number of primary amides is 1. The van der Waals surface area contributed by atoms with Crippen molar-refractivity contribution < 1.29 is 19.1 Å². The summed E-state index contributed by atoms with van der Waals surface area (Å²) < 4.78 is 10.6. The number of para-hydroxylation sites is 1.